The molecule has 0 aromatic heterocycles. The van der Waals surface area contributed by atoms with Crippen molar-refractivity contribution >= 4 is 39.2 Å². The third-order valence-corrected chi connectivity index (χ3v) is 3.24. The van der Waals surface area contributed by atoms with Crippen LogP contribution >= 0.6 is 15.9 Å². The number of hydrogen-bond acceptors (Lipinski definition) is 4. The topological polar surface area (TPSA) is 113 Å². The molecule has 0 unspecified atom stereocenters. The molecule has 108 valence electrons. The number of phenols is 1. The predicted octanol–water partition coefficient (Wildman–Crippen LogP) is 2.69. The van der Waals surface area contributed by atoms with Gasteiger partial charge in [-0.1, -0.05) is 15.9 Å². The number of nitrogen functional groups attached to an aromatic ring is 1. The number of aromatic carboxylic acids is 1. The molecular formula is C14H11BrN2O4. The van der Waals surface area contributed by atoms with E-state index in [1.165, 1.54) is 18.2 Å². The van der Waals surface area contributed by atoms with Crippen molar-refractivity contribution in [1.29, 1.82) is 0 Å². The van der Waals surface area contributed by atoms with Crippen LogP contribution in [0.25, 0.3) is 0 Å². The zero-order valence-electron chi connectivity index (χ0n) is 10.6. The Hall–Kier alpha value is -2.54. The molecule has 0 aliphatic heterocycles. The van der Waals surface area contributed by atoms with Crippen molar-refractivity contribution in [2.24, 2.45) is 0 Å². The number of anilines is 2. The van der Waals surface area contributed by atoms with Crippen molar-refractivity contribution in [3.63, 3.8) is 0 Å². The molecule has 0 heterocycles. The van der Waals surface area contributed by atoms with Crippen molar-refractivity contribution in [3.8, 4) is 5.75 Å². The van der Waals surface area contributed by atoms with Gasteiger partial charge in [0.1, 0.15) is 11.3 Å². The molecule has 0 radical (unpaired) electrons. The molecule has 0 saturated carbocycles. The molecule has 21 heavy (non-hydrogen) atoms. The van der Waals surface area contributed by atoms with Gasteiger partial charge in [0.2, 0.25) is 0 Å². The van der Waals surface area contributed by atoms with Crippen molar-refractivity contribution in [1.82, 2.24) is 0 Å². The first kappa shape index (κ1) is 14.9. The number of carbonyl (C=O) groups excluding carboxylic acids is 1. The van der Waals surface area contributed by atoms with Crippen molar-refractivity contribution < 1.29 is 19.8 Å². The van der Waals surface area contributed by atoms with Crippen LogP contribution in [0.2, 0.25) is 0 Å². The number of halogens is 1. The van der Waals surface area contributed by atoms with Crippen LogP contribution in [-0.4, -0.2) is 22.1 Å². The third-order valence-electron chi connectivity index (χ3n) is 2.74. The summed E-state index contributed by atoms with van der Waals surface area (Å²) in [7, 11) is 0. The van der Waals surface area contributed by atoms with Crippen LogP contribution in [0.5, 0.6) is 5.75 Å². The van der Waals surface area contributed by atoms with E-state index in [0.29, 0.717) is 5.69 Å². The molecule has 0 bridgehead atoms. The SMILES string of the molecule is Nc1cc(Br)ccc1C(=O)Nc1ccc(O)c(C(=O)O)c1. The van der Waals surface area contributed by atoms with Gasteiger partial charge in [0.05, 0.1) is 5.56 Å². The summed E-state index contributed by atoms with van der Waals surface area (Å²) >= 11 is 3.24. The standard InChI is InChI=1S/C14H11BrN2O4/c15-7-1-3-9(11(16)5-7)13(19)17-8-2-4-12(18)10(6-8)14(20)21/h1-6,18H,16H2,(H,17,19)(H,20,21). The Morgan fingerprint density at radius 3 is 2.43 bits per heavy atom. The van der Waals surface area contributed by atoms with Gasteiger partial charge in [-0.15, -0.1) is 0 Å². The zero-order valence-corrected chi connectivity index (χ0v) is 12.2. The summed E-state index contributed by atoms with van der Waals surface area (Å²) in [5.74, 6) is -2.13. The molecule has 0 aliphatic rings. The van der Waals surface area contributed by atoms with Crippen LogP contribution in [0.15, 0.2) is 40.9 Å². The summed E-state index contributed by atoms with van der Waals surface area (Å²) in [5.41, 5.74) is 6.26. The van der Waals surface area contributed by atoms with Crippen molar-refractivity contribution in [2.75, 3.05) is 11.1 Å². The van der Waals surface area contributed by atoms with Gasteiger partial charge >= 0.3 is 5.97 Å². The second-order valence-corrected chi connectivity index (χ2v) is 5.14. The first-order chi connectivity index (χ1) is 9.88. The second kappa shape index (κ2) is 5.84. The fourth-order valence-electron chi connectivity index (χ4n) is 1.72. The largest absolute Gasteiger partial charge is 0.507 e. The highest BCUT2D eigenvalue weighted by Gasteiger charge is 2.14. The Morgan fingerprint density at radius 1 is 1.10 bits per heavy atom. The van der Waals surface area contributed by atoms with Crippen molar-refractivity contribution in [2.45, 2.75) is 0 Å². The molecule has 1 amide bonds. The van der Waals surface area contributed by atoms with E-state index >= 15 is 0 Å². The lowest BCUT2D eigenvalue weighted by molar-refractivity contribution is 0.0693. The number of nitrogens with one attached hydrogen (secondary N) is 1. The van der Waals surface area contributed by atoms with Crippen LogP contribution < -0.4 is 11.1 Å². The van der Waals surface area contributed by atoms with Crippen LogP contribution in [-0.2, 0) is 0 Å². The van der Waals surface area contributed by atoms with Crippen LogP contribution in [0, 0.1) is 0 Å². The number of benzene rings is 2. The minimum atomic E-state index is -1.29. The number of nitrogens with two attached hydrogens (primary N) is 1. The lowest BCUT2D eigenvalue weighted by atomic mass is 10.1. The maximum Gasteiger partial charge on any atom is 0.339 e. The molecule has 2 aromatic rings. The quantitative estimate of drug-likeness (QED) is 0.502. The monoisotopic (exact) mass is 350 g/mol. The molecule has 5 N–H and O–H groups in total. The van der Waals surface area contributed by atoms with Gasteiger partial charge in [-0.25, -0.2) is 4.79 Å². The fraction of sp³-hybridized carbons (Fsp3) is 0. The van der Waals surface area contributed by atoms with E-state index in [4.69, 9.17) is 10.8 Å². The Balaban J connectivity index is 2.27. The molecule has 2 aromatic carbocycles. The average Bonchev–Trinajstić information content (AvgIpc) is 2.40. The highest BCUT2D eigenvalue weighted by atomic mass is 79.9. The van der Waals surface area contributed by atoms with Gasteiger partial charge in [-0.05, 0) is 36.4 Å². The smallest absolute Gasteiger partial charge is 0.339 e. The Morgan fingerprint density at radius 2 is 1.81 bits per heavy atom. The van der Waals surface area contributed by atoms with Gasteiger partial charge in [0.15, 0.2) is 0 Å². The maximum absolute atomic E-state index is 12.1. The molecule has 0 aliphatic carbocycles. The molecule has 7 heteroatoms. The van der Waals surface area contributed by atoms with Crippen LogP contribution in [0.1, 0.15) is 20.7 Å². The number of carboxylic acids is 1. The molecule has 2 rings (SSSR count). The minimum absolute atomic E-state index is 0.248. The van der Waals surface area contributed by atoms with E-state index in [2.05, 4.69) is 21.2 Å². The number of amides is 1. The number of hydrogen-bond donors (Lipinski definition) is 4. The van der Waals surface area contributed by atoms with Gasteiger partial charge in [-0.3, -0.25) is 4.79 Å². The number of aromatic hydroxyl groups is 1. The van der Waals surface area contributed by atoms with Crippen molar-refractivity contribution in [3.05, 3.63) is 52.0 Å². The molecule has 0 spiro atoms. The summed E-state index contributed by atoms with van der Waals surface area (Å²) in [6.07, 6.45) is 0. The molecule has 0 saturated heterocycles. The summed E-state index contributed by atoms with van der Waals surface area (Å²) in [4.78, 5) is 23.0. The summed E-state index contributed by atoms with van der Waals surface area (Å²) in [6, 6.07) is 8.58. The Kier molecular flexibility index (Phi) is 4.13. The Labute approximate surface area is 128 Å². The lowest BCUT2D eigenvalue weighted by Gasteiger charge is -2.09. The van der Waals surface area contributed by atoms with Crippen LogP contribution in [0.4, 0.5) is 11.4 Å². The number of rotatable bonds is 3. The van der Waals surface area contributed by atoms with Gasteiger partial charge in [0, 0.05) is 15.8 Å². The normalized spacial score (nSPS) is 10.1. The van der Waals surface area contributed by atoms with Gasteiger partial charge in [-0.2, -0.15) is 0 Å². The van der Waals surface area contributed by atoms with E-state index in [0.717, 1.165) is 4.47 Å². The summed E-state index contributed by atoms with van der Waals surface area (Å²) in [5, 5.41) is 20.9. The predicted molar refractivity (Wildman–Crippen MR) is 81.6 cm³/mol. The Bertz CT molecular complexity index is 731. The first-order valence-electron chi connectivity index (χ1n) is 5.81. The number of carboxylic acid groups (broad SMARTS) is 1. The zero-order chi connectivity index (χ0) is 15.6. The van der Waals surface area contributed by atoms with E-state index in [1.807, 2.05) is 0 Å². The third kappa shape index (κ3) is 3.32. The highest BCUT2D eigenvalue weighted by Crippen LogP contribution is 2.23. The van der Waals surface area contributed by atoms with E-state index in [1.54, 1.807) is 18.2 Å². The minimum Gasteiger partial charge on any atom is -0.507 e. The average molecular weight is 351 g/mol. The van der Waals surface area contributed by atoms with E-state index < -0.39 is 11.9 Å². The number of carbonyl (C=O) groups is 2. The van der Waals surface area contributed by atoms with Crippen LogP contribution in [0.3, 0.4) is 0 Å². The second-order valence-electron chi connectivity index (χ2n) is 4.22. The van der Waals surface area contributed by atoms with Gasteiger partial charge in [0.25, 0.3) is 5.91 Å². The maximum atomic E-state index is 12.1. The highest BCUT2D eigenvalue weighted by molar-refractivity contribution is 9.10. The fourth-order valence-corrected chi connectivity index (χ4v) is 2.10. The lowest BCUT2D eigenvalue weighted by Crippen LogP contribution is -2.14. The first-order valence-corrected chi connectivity index (χ1v) is 6.60. The molecule has 6 nitrogen and oxygen atoms in total. The summed E-state index contributed by atoms with van der Waals surface area (Å²) in [6.45, 7) is 0. The van der Waals surface area contributed by atoms with Gasteiger partial charge < -0.3 is 21.3 Å². The molecular weight excluding hydrogens is 340 g/mol. The van der Waals surface area contributed by atoms with E-state index in [-0.39, 0.29) is 22.6 Å². The summed E-state index contributed by atoms with van der Waals surface area (Å²) < 4.78 is 0.745. The molecule has 0 fully saturated rings. The molecule has 0 atom stereocenters. The van der Waals surface area contributed by atoms with E-state index in [9.17, 15) is 14.7 Å².